The Labute approximate surface area is 181 Å². The number of pyridine rings is 1. The van der Waals surface area contributed by atoms with Crippen LogP contribution in [0.4, 0.5) is 29.3 Å². The Morgan fingerprint density at radius 3 is 2.69 bits per heavy atom. The van der Waals surface area contributed by atoms with Crippen molar-refractivity contribution in [3.63, 3.8) is 0 Å². The molecule has 1 atom stereocenters. The second-order valence-corrected chi connectivity index (χ2v) is 7.41. The molecule has 3 heterocycles. The number of hydrogen-bond donors (Lipinski definition) is 2. The summed E-state index contributed by atoms with van der Waals surface area (Å²) in [5.74, 6) is -4.65. The molecule has 0 aliphatic carbocycles. The maximum atomic E-state index is 13.5. The van der Waals surface area contributed by atoms with Crippen LogP contribution in [0, 0.1) is 17.5 Å². The summed E-state index contributed by atoms with van der Waals surface area (Å²) >= 11 is 0. The van der Waals surface area contributed by atoms with Crippen LogP contribution in [0.1, 0.15) is 12.5 Å². The first-order valence-corrected chi connectivity index (χ1v) is 9.73. The highest BCUT2D eigenvalue weighted by Gasteiger charge is 2.35. The van der Waals surface area contributed by atoms with E-state index in [-0.39, 0.29) is 37.1 Å². The first-order valence-electron chi connectivity index (χ1n) is 9.73. The molecule has 4 rings (SSSR count). The Morgan fingerprint density at radius 1 is 1.28 bits per heavy atom. The topological polar surface area (TPSA) is 104 Å². The number of amides is 3. The van der Waals surface area contributed by atoms with Crippen molar-refractivity contribution in [3.05, 3.63) is 65.5 Å². The van der Waals surface area contributed by atoms with Gasteiger partial charge in [-0.25, -0.2) is 18.0 Å². The van der Waals surface area contributed by atoms with E-state index in [1.165, 1.54) is 16.0 Å². The predicted octanol–water partition coefficient (Wildman–Crippen LogP) is 2.57. The van der Waals surface area contributed by atoms with E-state index in [0.29, 0.717) is 29.2 Å². The van der Waals surface area contributed by atoms with Crippen molar-refractivity contribution < 1.29 is 22.8 Å². The van der Waals surface area contributed by atoms with Crippen molar-refractivity contribution in [2.75, 3.05) is 23.3 Å². The number of nitrogens with zero attached hydrogens (tertiary/aromatic N) is 4. The molecule has 2 aromatic rings. The number of anilines is 2. The van der Waals surface area contributed by atoms with Crippen molar-refractivity contribution in [1.29, 1.82) is 0 Å². The molecule has 0 bridgehead atoms. The summed E-state index contributed by atoms with van der Waals surface area (Å²) in [6.07, 6.45) is 4.58. The molecule has 1 aromatic carbocycles. The van der Waals surface area contributed by atoms with Gasteiger partial charge >= 0.3 is 6.03 Å². The predicted molar refractivity (Wildman–Crippen MR) is 112 cm³/mol. The van der Waals surface area contributed by atoms with Gasteiger partial charge in [0.1, 0.15) is 0 Å². The Hall–Kier alpha value is -3.89. The summed E-state index contributed by atoms with van der Waals surface area (Å²) in [4.78, 5) is 36.8. The Morgan fingerprint density at radius 2 is 2.00 bits per heavy atom. The summed E-state index contributed by atoms with van der Waals surface area (Å²) < 4.78 is 40.2. The van der Waals surface area contributed by atoms with Crippen LogP contribution in [0.2, 0.25) is 0 Å². The molecule has 2 aliphatic heterocycles. The van der Waals surface area contributed by atoms with Crippen LogP contribution in [-0.4, -0.2) is 46.7 Å². The van der Waals surface area contributed by atoms with E-state index in [4.69, 9.17) is 5.73 Å². The third-order valence-electron chi connectivity index (χ3n) is 5.30. The average molecular weight is 444 g/mol. The minimum atomic E-state index is -1.62. The highest BCUT2D eigenvalue weighted by molar-refractivity contribution is 6.16. The van der Waals surface area contributed by atoms with Gasteiger partial charge in [0, 0.05) is 42.0 Å². The molecule has 0 spiro atoms. The zero-order valence-corrected chi connectivity index (χ0v) is 17.0. The van der Waals surface area contributed by atoms with Gasteiger partial charge in [0.2, 0.25) is 5.91 Å². The van der Waals surface area contributed by atoms with Crippen LogP contribution in [-0.2, 0) is 11.2 Å². The Balaban J connectivity index is 1.56. The Bertz CT molecular complexity index is 1140. The third kappa shape index (κ3) is 3.77. The van der Waals surface area contributed by atoms with Gasteiger partial charge in [-0.3, -0.25) is 19.7 Å². The van der Waals surface area contributed by atoms with Gasteiger partial charge in [0.15, 0.2) is 17.5 Å². The number of rotatable bonds is 3. The van der Waals surface area contributed by atoms with Crippen LogP contribution in [0.15, 0.2) is 47.5 Å². The second-order valence-electron chi connectivity index (χ2n) is 7.41. The SMILES string of the molecule is CC1CN=C(C(=CN)N2C(=O)Cc3cnccc32)CN1C(=O)Nc1cc(F)c(F)c(F)c1. The lowest BCUT2D eigenvalue weighted by molar-refractivity contribution is -0.116. The summed E-state index contributed by atoms with van der Waals surface area (Å²) in [6, 6.07) is 2.07. The first kappa shape index (κ1) is 21.3. The number of halogens is 3. The monoisotopic (exact) mass is 444 g/mol. The number of nitrogens with one attached hydrogen (secondary N) is 1. The fourth-order valence-corrected chi connectivity index (χ4v) is 3.68. The number of carbonyl (C=O) groups excluding carboxylic acids is 2. The van der Waals surface area contributed by atoms with Gasteiger partial charge in [0.25, 0.3) is 0 Å². The number of nitrogens with two attached hydrogens (primary N) is 1. The zero-order chi connectivity index (χ0) is 23.0. The molecule has 0 fully saturated rings. The highest BCUT2D eigenvalue weighted by Crippen LogP contribution is 2.32. The number of fused-ring (bicyclic) bond motifs is 1. The molecule has 1 unspecified atom stereocenters. The number of aliphatic imine (C=N–C) groups is 1. The van der Waals surface area contributed by atoms with E-state index in [1.54, 1.807) is 25.4 Å². The Kier molecular flexibility index (Phi) is 5.56. The van der Waals surface area contributed by atoms with Gasteiger partial charge in [0.05, 0.1) is 42.6 Å². The first-order chi connectivity index (χ1) is 15.3. The standard InChI is InChI=1S/C21H19F3N6O2/c1-11-8-27-16(18(7-25)30-17-2-3-26-9-12(17)4-19(30)31)10-29(11)21(32)28-13-5-14(22)20(24)15(23)6-13/h2-3,5-7,9,11H,4,8,10,25H2,1H3,(H,28,32). The lowest BCUT2D eigenvalue weighted by atomic mass is 10.1. The molecule has 1 aromatic heterocycles. The van der Waals surface area contributed by atoms with Gasteiger partial charge in [-0.05, 0) is 13.0 Å². The summed E-state index contributed by atoms with van der Waals surface area (Å²) in [5.41, 5.74) is 7.73. The van der Waals surface area contributed by atoms with Crippen molar-refractivity contribution >= 4 is 29.0 Å². The van der Waals surface area contributed by atoms with E-state index in [1.807, 2.05) is 0 Å². The maximum Gasteiger partial charge on any atom is 0.322 e. The lowest BCUT2D eigenvalue weighted by Gasteiger charge is -2.34. The van der Waals surface area contributed by atoms with Crippen molar-refractivity contribution in [3.8, 4) is 0 Å². The van der Waals surface area contributed by atoms with Crippen LogP contribution < -0.4 is 16.0 Å². The van der Waals surface area contributed by atoms with E-state index in [2.05, 4.69) is 15.3 Å². The summed E-state index contributed by atoms with van der Waals surface area (Å²) in [7, 11) is 0. The second kappa shape index (κ2) is 8.33. The summed E-state index contributed by atoms with van der Waals surface area (Å²) in [5, 5.41) is 2.37. The molecule has 2 aliphatic rings. The molecule has 3 N–H and O–H groups in total. The molecule has 8 nitrogen and oxygen atoms in total. The minimum Gasteiger partial charge on any atom is -0.403 e. The average Bonchev–Trinajstić information content (AvgIpc) is 3.09. The van der Waals surface area contributed by atoms with E-state index >= 15 is 0 Å². The third-order valence-corrected chi connectivity index (χ3v) is 5.30. The fraction of sp³-hybridized carbons (Fsp3) is 0.238. The smallest absolute Gasteiger partial charge is 0.322 e. The maximum absolute atomic E-state index is 13.5. The van der Waals surface area contributed by atoms with Gasteiger partial charge in [-0.1, -0.05) is 0 Å². The molecule has 32 heavy (non-hydrogen) atoms. The van der Waals surface area contributed by atoms with Gasteiger partial charge in [-0.15, -0.1) is 0 Å². The fourth-order valence-electron chi connectivity index (χ4n) is 3.68. The number of benzene rings is 1. The number of carbonyl (C=O) groups is 2. The molecule has 11 heteroatoms. The van der Waals surface area contributed by atoms with Crippen LogP contribution in [0.5, 0.6) is 0 Å². The molecule has 0 radical (unpaired) electrons. The molecule has 3 amide bonds. The largest absolute Gasteiger partial charge is 0.403 e. The van der Waals surface area contributed by atoms with Crippen molar-refractivity contribution in [2.24, 2.45) is 10.7 Å². The van der Waals surface area contributed by atoms with E-state index in [9.17, 15) is 22.8 Å². The van der Waals surface area contributed by atoms with Crippen LogP contribution in [0.25, 0.3) is 0 Å². The van der Waals surface area contributed by atoms with Crippen molar-refractivity contribution in [2.45, 2.75) is 19.4 Å². The quantitative estimate of drug-likeness (QED) is 0.710. The zero-order valence-electron chi connectivity index (χ0n) is 17.0. The summed E-state index contributed by atoms with van der Waals surface area (Å²) in [6.45, 7) is 1.96. The molecular weight excluding hydrogens is 425 g/mol. The van der Waals surface area contributed by atoms with Crippen molar-refractivity contribution in [1.82, 2.24) is 9.88 Å². The van der Waals surface area contributed by atoms with Crippen LogP contribution in [0.3, 0.4) is 0 Å². The molecule has 166 valence electrons. The highest BCUT2D eigenvalue weighted by atomic mass is 19.2. The number of hydrogen-bond acceptors (Lipinski definition) is 5. The number of urea groups is 1. The molecular formula is C21H19F3N6O2. The van der Waals surface area contributed by atoms with Crippen LogP contribution >= 0.6 is 0 Å². The molecule has 0 saturated heterocycles. The lowest BCUT2D eigenvalue weighted by Crippen LogP contribution is -2.50. The van der Waals surface area contributed by atoms with E-state index < -0.39 is 23.5 Å². The van der Waals surface area contributed by atoms with Gasteiger partial charge < -0.3 is 16.0 Å². The normalized spacial score (nSPS) is 18.5. The molecule has 0 saturated carbocycles. The minimum absolute atomic E-state index is 0.00755. The van der Waals surface area contributed by atoms with E-state index in [0.717, 1.165) is 5.56 Å². The number of aromatic nitrogens is 1. The van der Waals surface area contributed by atoms with Gasteiger partial charge in [-0.2, -0.15) is 0 Å².